The lowest BCUT2D eigenvalue weighted by molar-refractivity contribution is -0.126. The number of rotatable bonds is 5. The minimum atomic E-state index is -3.57. The number of benzene rings is 1. The van der Waals surface area contributed by atoms with Gasteiger partial charge in [0.1, 0.15) is 6.10 Å². The number of aryl methyl sites for hydroxylation is 1. The zero-order chi connectivity index (χ0) is 30.7. The molecule has 3 N–H and O–H groups in total. The first-order valence-corrected chi connectivity index (χ1v) is 18.7. The summed E-state index contributed by atoms with van der Waals surface area (Å²) in [5.41, 5.74) is 6.29. The molecule has 0 radical (unpaired) electrons. The molecule has 2 saturated carbocycles. The van der Waals surface area contributed by atoms with Crippen molar-refractivity contribution in [2.75, 3.05) is 13.1 Å². The van der Waals surface area contributed by atoms with Crippen LogP contribution in [0.15, 0.2) is 18.2 Å². The molecule has 5 atom stereocenters. The van der Waals surface area contributed by atoms with Gasteiger partial charge in [-0.15, -0.1) is 4.83 Å². The summed E-state index contributed by atoms with van der Waals surface area (Å²) < 4.78 is 31.0. The summed E-state index contributed by atoms with van der Waals surface area (Å²) in [4.78, 5) is 33.2. The van der Waals surface area contributed by atoms with Crippen molar-refractivity contribution >= 4 is 22.0 Å². The summed E-state index contributed by atoms with van der Waals surface area (Å²) in [5.74, 6) is 0.138. The Kier molecular flexibility index (Phi) is 10.1. The van der Waals surface area contributed by atoms with Crippen molar-refractivity contribution in [2.45, 2.75) is 139 Å². The third-order valence-electron chi connectivity index (χ3n) is 10.5. The topological polar surface area (TPSA) is 120 Å². The molecular weight excluding hydrogens is 578 g/mol. The Balaban J connectivity index is 1.21. The van der Waals surface area contributed by atoms with Crippen LogP contribution in [0.3, 0.4) is 0 Å². The second-order valence-corrected chi connectivity index (χ2v) is 15.9. The van der Waals surface area contributed by atoms with Crippen molar-refractivity contribution in [3.63, 3.8) is 0 Å². The molecule has 2 amide bonds. The molecule has 5 aliphatic rings. The van der Waals surface area contributed by atoms with Gasteiger partial charge in [0.15, 0.2) is 0 Å². The minimum Gasteiger partial charge on any atom is -0.445 e. The number of hydrogen-bond acceptors (Lipinski definition) is 7. The van der Waals surface area contributed by atoms with Crippen LogP contribution >= 0.6 is 0 Å². The van der Waals surface area contributed by atoms with Gasteiger partial charge >= 0.3 is 6.09 Å². The van der Waals surface area contributed by atoms with Gasteiger partial charge in [-0.2, -0.15) is 0 Å². The molecule has 1 saturated heterocycles. The van der Waals surface area contributed by atoms with E-state index in [1.165, 1.54) is 68.1 Å². The van der Waals surface area contributed by atoms with Crippen LogP contribution in [0.4, 0.5) is 4.79 Å². The number of carbonyl (C=O) groups excluding carboxylic acids is 2. The number of nitrogens with one attached hydrogen (secondary N) is 3. The van der Waals surface area contributed by atoms with Gasteiger partial charge < -0.3 is 10.1 Å². The number of amides is 2. The average Bonchev–Trinajstić information content (AvgIpc) is 3.68. The second-order valence-electron chi connectivity index (χ2n) is 14.0. The predicted molar refractivity (Wildman–Crippen MR) is 169 cm³/mol. The number of sulfonamides is 1. The third kappa shape index (κ3) is 7.77. The molecule has 0 spiro atoms. The lowest BCUT2D eigenvalue weighted by Crippen LogP contribution is -2.55. The summed E-state index contributed by atoms with van der Waals surface area (Å²) in [6, 6.07) is 6.39. The van der Waals surface area contributed by atoms with Crippen molar-refractivity contribution in [1.29, 1.82) is 0 Å². The largest absolute Gasteiger partial charge is 0.445 e. The molecule has 44 heavy (non-hydrogen) atoms. The molecule has 0 aromatic heterocycles. The number of fused-ring (bicyclic) bond motifs is 3. The van der Waals surface area contributed by atoms with Crippen molar-refractivity contribution < 1.29 is 22.7 Å². The highest BCUT2D eigenvalue weighted by Gasteiger charge is 2.43. The van der Waals surface area contributed by atoms with E-state index in [2.05, 4.69) is 45.6 Å². The van der Waals surface area contributed by atoms with E-state index in [1.807, 2.05) is 0 Å². The van der Waals surface area contributed by atoms with Crippen LogP contribution < -0.4 is 15.6 Å². The van der Waals surface area contributed by atoms with Gasteiger partial charge in [0, 0.05) is 44.7 Å². The summed E-state index contributed by atoms with van der Waals surface area (Å²) >= 11 is 0. The highest BCUT2D eigenvalue weighted by Crippen LogP contribution is 2.32. The quantitative estimate of drug-likeness (QED) is 0.419. The number of hydrogen-bond donors (Lipinski definition) is 3. The zero-order valence-corrected chi connectivity index (χ0v) is 27.1. The van der Waals surface area contributed by atoms with Crippen molar-refractivity contribution in [1.82, 2.24) is 25.4 Å². The highest BCUT2D eigenvalue weighted by molar-refractivity contribution is 7.90. The molecule has 1 aromatic carbocycles. The maximum atomic E-state index is 13.5. The van der Waals surface area contributed by atoms with E-state index in [0.29, 0.717) is 57.4 Å². The van der Waals surface area contributed by atoms with E-state index in [1.54, 1.807) is 4.90 Å². The maximum absolute atomic E-state index is 13.5. The fourth-order valence-electron chi connectivity index (χ4n) is 7.86. The molecule has 2 aliphatic carbocycles. The van der Waals surface area contributed by atoms with Crippen LogP contribution in [0.2, 0.25) is 0 Å². The molecule has 10 nitrogen and oxygen atoms in total. The van der Waals surface area contributed by atoms with Crippen LogP contribution in [0.1, 0.15) is 107 Å². The Morgan fingerprint density at radius 3 is 2.45 bits per heavy atom. The third-order valence-corrected chi connectivity index (χ3v) is 12.3. The second kappa shape index (κ2) is 14.1. The molecular formula is C33H51N5O5S. The summed E-state index contributed by atoms with van der Waals surface area (Å²) in [5, 5.41) is 3.53. The lowest BCUT2D eigenvalue weighted by Gasteiger charge is -2.37. The van der Waals surface area contributed by atoms with E-state index in [4.69, 9.17) is 4.74 Å². The SMILES string of the molecule is CC1CCCCCCc2cccc3c2CN(C3)C(=O)O[C@@H]2C[C@@H](C(=O)NNS(=O)(=O)C3CC3)N(C2)C[C@H](C2CCCCC2)N1. The van der Waals surface area contributed by atoms with Crippen LogP contribution in [0.25, 0.3) is 0 Å². The first-order chi connectivity index (χ1) is 21.3. The van der Waals surface area contributed by atoms with Crippen LogP contribution in [0.5, 0.6) is 0 Å². The van der Waals surface area contributed by atoms with Crippen molar-refractivity contribution in [2.24, 2.45) is 5.92 Å². The number of carbonyl (C=O) groups is 2. The molecule has 4 bridgehead atoms. The van der Waals surface area contributed by atoms with E-state index < -0.39 is 27.4 Å². The van der Waals surface area contributed by atoms with Gasteiger partial charge in [0.05, 0.1) is 11.3 Å². The normalized spacial score (nSPS) is 31.1. The fourth-order valence-corrected chi connectivity index (χ4v) is 9.02. The zero-order valence-electron chi connectivity index (χ0n) is 26.3. The smallest absolute Gasteiger partial charge is 0.410 e. The molecule has 3 fully saturated rings. The summed E-state index contributed by atoms with van der Waals surface area (Å²) in [6.45, 7) is 4.48. The first kappa shape index (κ1) is 31.8. The Bertz CT molecular complexity index is 1280. The summed E-state index contributed by atoms with van der Waals surface area (Å²) in [7, 11) is -3.57. The van der Waals surface area contributed by atoms with E-state index >= 15 is 0 Å². The number of ether oxygens (including phenoxy) is 1. The number of nitrogens with zero attached hydrogens (tertiary/aromatic N) is 2. The molecule has 3 aliphatic heterocycles. The van der Waals surface area contributed by atoms with Gasteiger partial charge in [-0.05, 0) is 74.5 Å². The van der Waals surface area contributed by atoms with Gasteiger partial charge in [0.25, 0.3) is 5.91 Å². The fraction of sp³-hybridized carbons (Fsp3) is 0.758. The Morgan fingerprint density at radius 2 is 1.66 bits per heavy atom. The van der Waals surface area contributed by atoms with E-state index in [-0.39, 0.29) is 18.0 Å². The van der Waals surface area contributed by atoms with E-state index in [9.17, 15) is 18.0 Å². The van der Waals surface area contributed by atoms with E-state index in [0.717, 1.165) is 19.3 Å². The predicted octanol–water partition coefficient (Wildman–Crippen LogP) is 4.13. The molecule has 11 heteroatoms. The van der Waals surface area contributed by atoms with Crippen LogP contribution in [-0.2, 0) is 39.1 Å². The highest BCUT2D eigenvalue weighted by atomic mass is 32.2. The lowest BCUT2D eigenvalue weighted by atomic mass is 9.83. The monoisotopic (exact) mass is 629 g/mol. The standard InChI is InChI=1S/C33H51N5O5S/c1-23-10-5-2-3-6-11-24-14-9-15-26-19-38(21-29(24)26)33(40)43-27-18-31(32(39)35-36-44(41,42)28-16-17-28)37(20-27)22-30(34-23)25-12-7-4-8-13-25/h9,14-15,23,25,27-28,30-31,34,36H,2-8,10-13,16-22H2,1H3,(H,35,39)/t23?,27-,30-,31+/m1/s1. The molecule has 244 valence electrons. The Hall–Kier alpha value is -2.21. The van der Waals surface area contributed by atoms with Crippen molar-refractivity contribution in [3.8, 4) is 0 Å². The van der Waals surface area contributed by atoms with Gasteiger partial charge in [-0.1, -0.05) is 56.7 Å². The van der Waals surface area contributed by atoms with Crippen LogP contribution in [0, 0.1) is 5.92 Å². The molecule has 3 heterocycles. The molecule has 6 rings (SSSR count). The average molecular weight is 630 g/mol. The first-order valence-electron chi connectivity index (χ1n) is 17.1. The van der Waals surface area contributed by atoms with Gasteiger partial charge in [-0.25, -0.2) is 13.2 Å². The van der Waals surface area contributed by atoms with Crippen LogP contribution in [-0.4, -0.2) is 72.8 Å². The number of hydrazine groups is 1. The van der Waals surface area contributed by atoms with Gasteiger partial charge in [0.2, 0.25) is 10.0 Å². The van der Waals surface area contributed by atoms with Gasteiger partial charge in [-0.3, -0.25) is 20.0 Å². The molecule has 2 unspecified atom stereocenters. The summed E-state index contributed by atoms with van der Waals surface area (Å²) in [6.07, 6.45) is 13.7. The molecule has 1 aromatic rings. The minimum absolute atomic E-state index is 0.213. The maximum Gasteiger partial charge on any atom is 0.410 e. The van der Waals surface area contributed by atoms with Crippen molar-refractivity contribution in [3.05, 3.63) is 34.9 Å². The Morgan fingerprint density at radius 1 is 0.932 bits per heavy atom. The Labute approximate surface area is 263 Å².